The number of nitrogens with zero attached hydrogens (tertiary/aromatic N) is 3. The first-order valence-corrected chi connectivity index (χ1v) is 11.2. The van der Waals surface area contributed by atoms with E-state index in [2.05, 4.69) is 11.4 Å². The summed E-state index contributed by atoms with van der Waals surface area (Å²) in [6, 6.07) is 18.0. The first kappa shape index (κ1) is 21.7. The second-order valence-corrected chi connectivity index (χ2v) is 9.41. The summed E-state index contributed by atoms with van der Waals surface area (Å²) in [4.78, 5) is 30.0. The lowest BCUT2D eigenvalue weighted by atomic mass is 9.59. The normalized spacial score (nSPS) is 26.3. The van der Waals surface area contributed by atoms with Crippen LogP contribution in [0.25, 0.3) is 0 Å². The Bertz CT molecular complexity index is 1360. The van der Waals surface area contributed by atoms with Gasteiger partial charge >= 0.3 is 0 Å². The fourth-order valence-corrected chi connectivity index (χ4v) is 6.20. The molecule has 0 saturated carbocycles. The summed E-state index contributed by atoms with van der Waals surface area (Å²) in [7, 11) is 3.52. The van der Waals surface area contributed by atoms with Crippen LogP contribution in [0.5, 0.6) is 0 Å². The number of amides is 1. The topological polar surface area (TPSA) is 78.1 Å². The molecule has 2 aliphatic rings. The van der Waals surface area contributed by atoms with Crippen molar-refractivity contribution in [2.24, 2.45) is 12.5 Å². The predicted octanol–water partition coefficient (Wildman–Crippen LogP) is 4.60. The van der Waals surface area contributed by atoms with Crippen molar-refractivity contribution in [3.63, 3.8) is 0 Å². The Labute approximate surface area is 201 Å². The number of ketones is 1. The van der Waals surface area contributed by atoms with Crippen LogP contribution in [0.4, 0.5) is 5.69 Å². The number of fused-ring (bicyclic) bond motifs is 2. The van der Waals surface area contributed by atoms with Gasteiger partial charge in [0.15, 0.2) is 11.0 Å². The highest BCUT2D eigenvalue weighted by Gasteiger charge is 2.75. The van der Waals surface area contributed by atoms with Crippen LogP contribution < -0.4 is 5.32 Å². The van der Waals surface area contributed by atoms with Crippen LogP contribution in [0.3, 0.4) is 0 Å². The van der Waals surface area contributed by atoms with E-state index in [9.17, 15) is 14.9 Å². The number of nitrogens with one attached hydrogen (secondary N) is 1. The number of benzene rings is 2. The van der Waals surface area contributed by atoms with E-state index >= 15 is 0 Å². The fraction of sp³-hybridized carbons (Fsp3) is 0.240. The minimum Gasteiger partial charge on any atom is -0.348 e. The van der Waals surface area contributed by atoms with Gasteiger partial charge in [-0.05, 0) is 42.9 Å². The standard InChI is InChI=1S/C25H20Cl2N4O2/c1-30-11-5-8-21(30)22(32)24(14-28)18(16-10-9-15(26)12-19(16)27)13-31(2)25(24)17-6-3-4-7-20(17)29-23(25)33/h3-12,18H,13H2,1-2H3,(H,29,33). The van der Waals surface area contributed by atoms with Gasteiger partial charge < -0.3 is 9.88 Å². The Kier molecular flexibility index (Phi) is 4.91. The summed E-state index contributed by atoms with van der Waals surface area (Å²) in [6.07, 6.45) is 1.75. The highest BCUT2D eigenvalue weighted by molar-refractivity contribution is 6.35. The first-order chi connectivity index (χ1) is 15.8. The summed E-state index contributed by atoms with van der Waals surface area (Å²) in [5.41, 5.74) is -1.18. The maximum atomic E-state index is 14.4. The first-order valence-electron chi connectivity index (χ1n) is 10.4. The number of halogens is 2. The summed E-state index contributed by atoms with van der Waals surface area (Å²) in [5.74, 6) is -1.51. The molecule has 33 heavy (non-hydrogen) atoms. The van der Waals surface area contributed by atoms with Gasteiger partial charge in [0.05, 0.1) is 11.8 Å². The van der Waals surface area contributed by atoms with Gasteiger partial charge in [-0.25, -0.2) is 0 Å². The van der Waals surface area contributed by atoms with Gasteiger partial charge in [-0.2, -0.15) is 5.26 Å². The van der Waals surface area contributed by atoms with Crippen molar-refractivity contribution in [1.29, 1.82) is 5.26 Å². The summed E-state index contributed by atoms with van der Waals surface area (Å²) < 4.78 is 1.67. The molecule has 1 spiro atoms. The van der Waals surface area contributed by atoms with Crippen LogP contribution in [0.15, 0.2) is 60.8 Å². The molecule has 166 valence electrons. The molecule has 3 aromatic rings. The van der Waals surface area contributed by atoms with E-state index < -0.39 is 28.6 Å². The number of carbonyl (C=O) groups excluding carboxylic acids is 2. The molecule has 2 aliphatic heterocycles. The minimum atomic E-state index is -1.79. The van der Waals surface area contributed by atoms with Crippen LogP contribution in [-0.4, -0.2) is 34.7 Å². The zero-order chi connectivity index (χ0) is 23.5. The molecule has 3 unspecified atom stereocenters. The Morgan fingerprint density at radius 3 is 2.58 bits per heavy atom. The number of Topliss-reactive ketones (excluding diaryl/α,β-unsaturated/α-hetero) is 1. The van der Waals surface area contributed by atoms with Crippen molar-refractivity contribution in [3.8, 4) is 6.07 Å². The maximum Gasteiger partial charge on any atom is 0.251 e. The van der Waals surface area contributed by atoms with Crippen LogP contribution in [-0.2, 0) is 17.4 Å². The molecule has 1 fully saturated rings. The average molecular weight is 479 g/mol. The molecule has 0 radical (unpaired) electrons. The Morgan fingerprint density at radius 1 is 1.15 bits per heavy atom. The van der Waals surface area contributed by atoms with Crippen molar-refractivity contribution >= 4 is 40.6 Å². The number of likely N-dealkylation sites (tertiary alicyclic amines) is 1. The molecule has 0 aliphatic carbocycles. The van der Waals surface area contributed by atoms with Crippen LogP contribution >= 0.6 is 23.2 Å². The molecular formula is C25H20Cl2N4O2. The third kappa shape index (κ3) is 2.64. The summed E-state index contributed by atoms with van der Waals surface area (Å²) in [5, 5.41) is 14.6. The molecule has 6 nitrogen and oxygen atoms in total. The monoisotopic (exact) mass is 478 g/mol. The fourth-order valence-electron chi connectivity index (χ4n) is 5.66. The predicted molar refractivity (Wildman–Crippen MR) is 126 cm³/mol. The highest BCUT2D eigenvalue weighted by Crippen LogP contribution is 2.63. The number of rotatable bonds is 3. The zero-order valence-electron chi connectivity index (χ0n) is 18.0. The molecule has 0 bridgehead atoms. The molecule has 2 aromatic carbocycles. The van der Waals surface area contributed by atoms with Crippen molar-refractivity contribution in [3.05, 3.63) is 87.7 Å². The Morgan fingerprint density at radius 2 is 1.91 bits per heavy atom. The number of anilines is 1. The van der Waals surface area contributed by atoms with Gasteiger partial charge in [-0.3, -0.25) is 14.5 Å². The third-order valence-corrected chi connectivity index (χ3v) is 7.63. The minimum absolute atomic E-state index is 0.271. The van der Waals surface area contributed by atoms with E-state index in [0.717, 1.165) is 0 Å². The van der Waals surface area contributed by atoms with Crippen LogP contribution in [0.2, 0.25) is 10.0 Å². The lowest BCUT2D eigenvalue weighted by molar-refractivity contribution is -0.128. The third-order valence-electron chi connectivity index (χ3n) is 7.06. The molecule has 1 amide bonds. The van der Waals surface area contributed by atoms with Crippen molar-refractivity contribution in [1.82, 2.24) is 9.47 Å². The van der Waals surface area contributed by atoms with Gasteiger partial charge in [0.2, 0.25) is 5.78 Å². The van der Waals surface area contributed by atoms with E-state index in [1.165, 1.54) is 0 Å². The van der Waals surface area contributed by atoms with Gasteiger partial charge in [-0.15, -0.1) is 0 Å². The Balaban J connectivity index is 1.87. The number of aromatic nitrogens is 1. The van der Waals surface area contributed by atoms with Crippen molar-refractivity contribution in [2.75, 3.05) is 18.9 Å². The van der Waals surface area contributed by atoms with E-state index in [1.807, 2.05) is 17.0 Å². The van der Waals surface area contributed by atoms with Crippen LogP contribution in [0.1, 0.15) is 27.5 Å². The second-order valence-electron chi connectivity index (χ2n) is 8.56. The van der Waals surface area contributed by atoms with Gasteiger partial charge in [0.1, 0.15) is 0 Å². The molecule has 1 N–H and O–H groups in total. The lowest BCUT2D eigenvalue weighted by Gasteiger charge is -2.41. The van der Waals surface area contributed by atoms with E-state index in [0.29, 0.717) is 32.6 Å². The van der Waals surface area contributed by atoms with Crippen molar-refractivity contribution < 1.29 is 9.59 Å². The SMILES string of the molecule is CN1CC(c2ccc(Cl)cc2Cl)C(C#N)(C(=O)c2cccn2C)C12C(=O)Nc1ccccc12. The number of aryl methyl sites for hydroxylation is 1. The number of hydrogen-bond donors (Lipinski definition) is 1. The number of likely N-dealkylation sites (N-methyl/N-ethyl adjacent to an activating group) is 1. The molecule has 3 atom stereocenters. The number of carbonyl (C=O) groups is 2. The highest BCUT2D eigenvalue weighted by atomic mass is 35.5. The quantitative estimate of drug-likeness (QED) is 0.557. The number of hydrogen-bond acceptors (Lipinski definition) is 4. The Hall–Kier alpha value is -3.11. The summed E-state index contributed by atoms with van der Waals surface area (Å²) >= 11 is 12.7. The lowest BCUT2D eigenvalue weighted by Crippen LogP contribution is -2.58. The van der Waals surface area contributed by atoms with E-state index in [1.54, 1.807) is 67.3 Å². The zero-order valence-corrected chi connectivity index (χ0v) is 19.5. The smallest absolute Gasteiger partial charge is 0.251 e. The van der Waals surface area contributed by atoms with Gasteiger partial charge in [-0.1, -0.05) is 47.5 Å². The van der Waals surface area contributed by atoms with Crippen LogP contribution in [0, 0.1) is 16.7 Å². The molecule has 1 saturated heterocycles. The molecule has 1 aromatic heterocycles. The molecule has 8 heteroatoms. The average Bonchev–Trinajstić information content (AvgIpc) is 3.42. The molecule has 3 heterocycles. The number of para-hydroxylation sites is 1. The maximum absolute atomic E-state index is 14.4. The largest absolute Gasteiger partial charge is 0.348 e. The van der Waals surface area contributed by atoms with E-state index in [-0.39, 0.29) is 6.54 Å². The van der Waals surface area contributed by atoms with E-state index in [4.69, 9.17) is 23.2 Å². The summed E-state index contributed by atoms with van der Waals surface area (Å²) in [6.45, 7) is 0.271. The molecule has 5 rings (SSSR count). The van der Waals surface area contributed by atoms with Crippen molar-refractivity contribution in [2.45, 2.75) is 11.5 Å². The van der Waals surface area contributed by atoms with Gasteiger partial charge in [0, 0.05) is 47.0 Å². The second kappa shape index (κ2) is 7.46. The molecular weight excluding hydrogens is 459 g/mol. The number of nitriles is 1. The van der Waals surface area contributed by atoms with Gasteiger partial charge in [0.25, 0.3) is 5.91 Å².